The first-order chi connectivity index (χ1) is 8.78. The van der Waals surface area contributed by atoms with Crippen molar-refractivity contribution in [1.82, 2.24) is 10.2 Å². The predicted molar refractivity (Wildman–Crippen MR) is 82.7 cm³/mol. The number of likely N-dealkylation sites (tertiary alicyclic amines) is 1. The van der Waals surface area contributed by atoms with Gasteiger partial charge < -0.3 is 10.1 Å². The Labute approximate surface area is 126 Å². The minimum atomic E-state index is 0. The van der Waals surface area contributed by atoms with Crippen LogP contribution < -0.4 is 10.1 Å². The van der Waals surface area contributed by atoms with Crippen molar-refractivity contribution in [2.45, 2.75) is 18.9 Å². The molecule has 1 aromatic rings. The zero-order valence-electron chi connectivity index (χ0n) is 11.3. The Morgan fingerprint density at radius 2 is 2.32 bits per heavy atom. The van der Waals surface area contributed by atoms with Gasteiger partial charge in [-0.25, -0.2) is 0 Å². The summed E-state index contributed by atoms with van der Waals surface area (Å²) < 4.78 is 5.71. The van der Waals surface area contributed by atoms with Gasteiger partial charge in [-0.1, -0.05) is 17.7 Å². The summed E-state index contributed by atoms with van der Waals surface area (Å²) in [5.74, 6) is 0.852. The fourth-order valence-corrected chi connectivity index (χ4v) is 2.52. The highest BCUT2D eigenvalue weighted by atomic mass is 35.5. The van der Waals surface area contributed by atoms with E-state index in [0.29, 0.717) is 6.04 Å². The maximum atomic E-state index is 5.91. The van der Waals surface area contributed by atoms with E-state index in [1.807, 2.05) is 31.3 Å². The van der Waals surface area contributed by atoms with E-state index in [1.165, 1.54) is 19.4 Å². The Balaban J connectivity index is 0.00000180. The third kappa shape index (κ3) is 5.57. The third-order valence-corrected chi connectivity index (χ3v) is 3.62. The minimum absolute atomic E-state index is 0. The van der Waals surface area contributed by atoms with Gasteiger partial charge >= 0.3 is 0 Å². The lowest BCUT2D eigenvalue weighted by Gasteiger charge is -2.32. The highest BCUT2D eigenvalue weighted by Gasteiger charge is 2.17. The summed E-state index contributed by atoms with van der Waals surface area (Å²) in [6, 6.07) is 8.20. The van der Waals surface area contributed by atoms with Crippen molar-refractivity contribution >= 4 is 24.0 Å². The molecule has 1 saturated heterocycles. The largest absolute Gasteiger partial charge is 0.492 e. The number of rotatable bonds is 5. The maximum Gasteiger partial charge on any atom is 0.120 e. The highest BCUT2D eigenvalue weighted by Crippen LogP contribution is 2.17. The van der Waals surface area contributed by atoms with E-state index in [4.69, 9.17) is 16.3 Å². The molecule has 1 aromatic carbocycles. The molecule has 0 aromatic heterocycles. The molecule has 0 aliphatic carbocycles. The third-order valence-electron chi connectivity index (χ3n) is 3.39. The predicted octanol–water partition coefficient (Wildman–Crippen LogP) is 2.82. The molecule has 1 heterocycles. The van der Waals surface area contributed by atoms with Crippen LogP contribution in [0.3, 0.4) is 0 Å². The average Bonchev–Trinajstić information content (AvgIpc) is 2.39. The van der Waals surface area contributed by atoms with Gasteiger partial charge in [-0.05, 0) is 44.6 Å². The van der Waals surface area contributed by atoms with Crippen molar-refractivity contribution < 1.29 is 4.74 Å². The van der Waals surface area contributed by atoms with Gasteiger partial charge in [0.2, 0.25) is 0 Å². The number of nitrogens with zero attached hydrogens (tertiary/aromatic N) is 1. The zero-order valence-corrected chi connectivity index (χ0v) is 12.8. The van der Waals surface area contributed by atoms with Crippen molar-refractivity contribution in [2.75, 3.05) is 33.3 Å². The first-order valence-electron chi connectivity index (χ1n) is 6.56. The van der Waals surface area contributed by atoms with Crippen LogP contribution in [-0.4, -0.2) is 44.2 Å². The molecule has 1 fully saturated rings. The molecule has 3 nitrogen and oxygen atoms in total. The lowest BCUT2D eigenvalue weighted by molar-refractivity contribution is 0.162. The molecule has 5 heteroatoms. The molecule has 1 aliphatic rings. The Morgan fingerprint density at radius 3 is 3.05 bits per heavy atom. The first-order valence-corrected chi connectivity index (χ1v) is 6.93. The quantitative estimate of drug-likeness (QED) is 0.905. The number of hydrogen-bond donors (Lipinski definition) is 1. The Kier molecular flexibility index (Phi) is 7.54. The van der Waals surface area contributed by atoms with Gasteiger partial charge in [-0.15, -0.1) is 12.4 Å². The summed E-state index contributed by atoms with van der Waals surface area (Å²) >= 11 is 5.91. The van der Waals surface area contributed by atoms with E-state index in [-0.39, 0.29) is 12.4 Å². The molecule has 1 aliphatic heterocycles. The molecule has 0 bridgehead atoms. The Hall–Kier alpha value is -0.480. The topological polar surface area (TPSA) is 24.5 Å². The van der Waals surface area contributed by atoms with E-state index in [0.717, 1.165) is 30.5 Å². The molecule has 0 spiro atoms. The lowest BCUT2D eigenvalue weighted by Crippen LogP contribution is -2.45. The number of halogens is 2. The number of likely N-dealkylation sites (N-methyl/N-ethyl adjacent to an activating group) is 1. The second-order valence-corrected chi connectivity index (χ2v) is 5.17. The van der Waals surface area contributed by atoms with Crippen molar-refractivity contribution in [3.05, 3.63) is 29.3 Å². The fourth-order valence-electron chi connectivity index (χ4n) is 2.34. The Bertz CT molecular complexity index is 376. The summed E-state index contributed by atoms with van der Waals surface area (Å²) in [7, 11) is 2.04. The smallest absolute Gasteiger partial charge is 0.120 e. The van der Waals surface area contributed by atoms with Crippen LogP contribution in [0.25, 0.3) is 0 Å². The van der Waals surface area contributed by atoms with Crippen molar-refractivity contribution in [2.24, 2.45) is 0 Å². The standard InChI is InChI=1S/C14H21ClN2O.ClH/c1-16-13-5-3-7-17(11-13)8-9-18-14-6-2-4-12(15)10-14;/h2,4,6,10,13,16H,3,5,7-9,11H2,1H3;1H. The van der Waals surface area contributed by atoms with Gasteiger partial charge in [0.15, 0.2) is 0 Å². The molecule has 1 N–H and O–H groups in total. The monoisotopic (exact) mass is 304 g/mol. The summed E-state index contributed by atoms with van der Waals surface area (Å²) in [5, 5.41) is 4.07. The van der Waals surface area contributed by atoms with E-state index >= 15 is 0 Å². The van der Waals surface area contributed by atoms with Crippen molar-refractivity contribution in [3.8, 4) is 5.75 Å². The van der Waals surface area contributed by atoms with Crippen molar-refractivity contribution in [3.63, 3.8) is 0 Å². The van der Waals surface area contributed by atoms with Gasteiger partial charge in [0.05, 0.1) is 0 Å². The summed E-state index contributed by atoms with van der Waals surface area (Å²) in [6.45, 7) is 3.99. The molecule has 108 valence electrons. The molecule has 0 saturated carbocycles. The van der Waals surface area contributed by atoms with Gasteiger partial charge in [0.1, 0.15) is 12.4 Å². The number of hydrogen-bond acceptors (Lipinski definition) is 3. The summed E-state index contributed by atoms with van der Waals surface area (Å²) in [5.41, 5.74) is 0. The molecule has 0 amide bonds. The highest BCUT2D eigenvalue weighted by molar-refractivity contribution is 6.30. The Morgan fingerprint density at radius 1 is 1.47 bits per heavy atom. The van der Waals surface area contributed by atoms with Crippen LogP contribution >= 0.6 is 24.0 Å². The van der Waals surface area contributed by atoms with Crippen LogP contribution in [0.5, 0.6) is 5.75 Å². The van der Waals surface area contributed by atoms with Crippen molar-refractivity contribution in [1.29, 1.82) is 0 Å². The second kappa shape index (κ2) is 8.64. The normalized spacial score (nSPS) is 19.8. The fraction of sp³-hybridized carbons (Fsp3) is 0.571. The van der Waals surface area contributed by atoms with E-state index in [2.05, 4.69) is 10.2 Å². The maximum absolute atomic E-state index is 5.91. The lowest BCUT2D eigenvalue weighted by atomic mass is 10.1. The minimum Gasteiger partial charge on any atom is -0.492 e. The van der Waals surface area contributed by atoms with Crippen LogP contribution in [0, 0.1) is 0 Å². The molecule has 2 rings (SSSR count). The number of benzene rings is 1. The van der Waals surface area contributed by atoms with Crippen LogP contribution in [-0.2, 0) is 0 Å². The average molecular weight is 305 g/mol. The molecule has 1 atom stereocenters. The van der Waals surface area contributed by atoms with Gasteiger partial charge in [-0.2, -0.15) is 0 Å². The molecule has 1 unspecified atom stereocenters. The van der Waals surface area contributed by atoms with Crippen LogP contribution in [0.4, 0.5) is 0 Å². The van der Waals surface area contributed by atoms with Crippen LogP contribution in [0.2, 0.25) is 5.02 Å². The van der Waals surface area contributed by atoms with Gasteiger partial charge in [0.25, 0.3) is 0 Å². The zero-order chi connectivity index (χ0) is 12.8. The van der Waals surface area contributed by atoms with E-state index in [1.54, 1.807) is 0 Å². The number of ether oxygens (including phenoxy) is 1. The number of piperidine rings is 1. The summed E-state index contributed by atoms with van der Waals surface area (Å²) in [6.07, 6.45) is 2.55. The molecular formula is C14H22Cl2N2O. The number of nitrogens with one attached hydrogen (secondary N) is 1. The SMILES string of the molecule is CNC1CCCN(CCOc2cccc(Cl)c2)C1.Cl. The molecular weight excluding hydrogens is 283 g/mol. The van der Waals surface area contributed by atoms with E-state index in [9.17, 15) is 0 Å². The summed E-state index contributed by atoms with van der Waals surface area (Å²) in [4.78, 5) is 2.45. The van der Waals surface area contributed by atoms with E-state index < -0.39 is 0 Å². The first kappa shape index (κ1) is 16.6. The van der Waals surface area contributed by atoms with Gasteiger partial charge in [-0.3, -0.25) is 4.90 Å². The van der Waals surface area contributed by atoms with Crippen LogP contribution in [0.15, 0.2) is 24.3 Å². The van der Waals surface area contributed by atoms with Crippen LogP contribution in [0.1, 0.15) is 12.8 Å². The second-order valence-electron chi connectivity index (χ2n) is 4.73. The molecule has 19 heavy (non-hydrogen) atoms. The van der Waals surface area contributed by atoms with Gasteiger partial charge in [0, 0.05) is 24.2 Å². The molecule has 0 radical (unpaired) electrons.